The van der Waals surface area contributed by atoms with Gasteiger partial charge in [-0.2, -0.15) is 0 Å². The topological polar surface area (TPSA) is 80.2 Å². The Morgan fingerprint density at radius 3 is 2.74 bits per heavy atom. The van der Waals surface area contributed by atoms with E-state index >= 15 is 0 Å². The van der Waals surface area contributed by atoms with E-state index in [1.54, 1.807) is 18.3 Å². The maximum absolute atomic E-state index is 10.2. The summed E-state index contributed by atoms with van der Waals surface area (Å²) < 4.78 is 5.86. The van der Waals surface area contributed by atoms with Gasteiger partial charge in [-0.05, 0) is 55.0 Å². The highest BCUT2D eigenvalue weighted by Gasteiger charge is 2.09. The third-order valence-corrected chi connectivity index (χ3v) is 4.18. The molecule has 134 valence electrons. The van der Waals surface area contributed by atoms with Crippen molar-refractivity contribution < 1.29 is 9.84 Å². The number of nitrogens with zero attached hydrogens (tertiary/aromatic N) is 3. The zero-order valence-corrected chi connectivity index (χ0v) is 14.8. The molecular weight excluding hydrogens is 340 g/mol. The van der Waals surface area contributed by atoms with Crippen LogP contribution in [0.4, 0.5) is 11.5 Å². The highest BCUT2D eigenvalue weighted by Crippen LogP contribution is 2.31. The summed E-state index contributed by atoms with van der Waals surface area (Å²) in [5.74, 6) is 1.49. The summed E-state index contributed by atoms with van der Waals surface area (Å²) >= 11 is 0. The molecule has 0 atom stereocenters. The summed E-state index contributed by atoms with van der Waals surface area (Å²) in [6, 6.07) is 16.7. The van der Waals surface area contributed by atoms with E-state index in [0.29, 0.717) is 23.3 Å². The number of pyridine rings is 1. The first-order chi connectivity index (χ1) is 13.2. The fraction of sp³-hybridized carbons (Fsp3) is 0.0952. The molecule has 0 bridgehead atoms. The van der Waals surface area contributed by atoms with Crippen LogP contribution in [-0.4, -0.2) is 20.1 Å². The van der Waals surface area contributed by atoms with Crippen molar-refractivity contribution in [3.63, 3.8) is 0 Å². The average Bonchev–Trinajstić information content (AvgIpc) is 2.68. The number of hydrogen-bond acceptors (Lipinski definition) is 6. The van der Waals surface area contributed by atoms with Crippen molar-refractivity contribution in [2.45, 2.75) is 13.5 Å². The van der Waals surface area contributed by atoms with Gasteiger partial charge in [0.1, 0.15) is 30.3 Å². The van der Waals surface area contributed by atoms with Crippen molar-refractivity contribution in [3.8, 4) is 11.5 Å². The third kappa shape index (κ3) is 3.64. The number of hydrogen-bond donors (Lipinski definition) is 2. The van der Waals surface area contributed by atoms with Crippen molar-refractivity contribution >= 4 is 22.4 Å². The normalized spacial score (nSPS) is 10.7. The van der Waals surface area contributed by atoms with Crippen molar-refractivity contribution in [2.24, 2.45) is 0 Å². The molecule has 4 aromatic rings. The number of aromatic hydroxyl groups is 1. The Bertz CT molecular complexity index is 1080. The Hall–Kier alpha value is -3.67. The lowest BCUT2D eigenvalue weighted by Crippen LogP contribution is -2.00. The van der Waals surface area contributed by atoms with Crippen LogP contribution in [0.3, 0.4) is 0 Å². The largest absolute Gasteiger partial charge is 0.507 e. The summed E-state index contributed by atoms with van der Waals surface area (Å²) in [5, 5.41) is 14.0. The van der Waals surface area contributed by atoms with Crippen LogP contribution in [-0.2, 0) is 6.61 Å². The molecule has 6 nitrogen and oxygen atoms in total. The molecule has 0 saturated carbocycles. The highest BCUT2D eigenvalue weighted by molar-refractivity contribution is 5.95. The van der Waals surface area contributed by atoms with Gasteiger partial charge in [0.25, 0.3) is 0 Å². The molecule has 0 saturated heterocycles. The standard InChI is InChI=1S/C21H18N4O2/c1-14-11-15(8-9-19(14)27-12-16-5-2-3-10-22-16)25-21-20-17(23-13-24-21)6-4-7-18(20)26/h2-11,13,26H,12H2,1H3,(H,23,24,25). The van der Waals surface area contributed by atoms with Crippen LogP contribution in [0.2, 0.25) is 0 Å². The molecule has 0 aliphatic rings. The molecule has 4 rings (SSSR count). The number of benzene rings is 2. The fourth-order valence-corrected chi connectivity index (χ4v) is 2.85. The number of anilines is 2. The molecule has 2 heterocycles. The number of phenolic OH excluding ortho intramolecular Hbond substituents is 1. The fourth-order valence-electron chi connectivity index (χ4n) is 2.85. The second kappa shape index (κ2) is 7.29. The number of aryl methyl sites for hydroxylation is 1. The van der Waals surface area contributed by atoms with E-state index in [-0.39, 0.29) is 5.75 Å². The van der Waals surface area contributed by atoms with Crippen LogP contribution in [0, 0.1) is 6.92 Å². The molecule has 0 fully saturated rings. The van der Waals surface area contributed by atoms with Crippen LogP contribution >= 0.6 is 0 Å². The monoisotopic (exact) mass is 358 g/mol. The van der Waals surface area contributed by atoms with Crippen LogP contribution in [0.1, 0.15) is 11.3 Å². The van der Waals surface area contributed by atoms with Crippen molar-refractivity contribution in [1.29, 1.82) is 0 Å². The molecule has 0 spiro atoms. The molecule has 0 aliphatic carbocycles. The van der Waals surface area contributed by atoms with E-state index in [1.807, 2.05) is 49.4 Å². The smallest absolute Gasteiger partial charge is 0.145 e. The van der Waals surface area contributed by atoms with Gasteiger partial charge >= 0.3 is 0 Å². The van der Waals surface area contributed by atoms with Crippen molar-refractivity contribution in [3.05, 3.63) is 78.4 Å². The first kappa shape index (κ1) is 16.8. The summed E-state index contributed by atoms with van der Waals surface area (Å²) in [6.07, 6.45) is 3.22. The van der Waals surface area contributed by atoms with Crippen LogP contribution in [0.15, 0.2) is 67.1 Å². The van der Waals surface area contributed by atoms with Crippen molar-refractivity contribution in [1.82, 2.24) is 15.0 Å². The van der Waals surface area contributed by atoms with Gasteiger partial charge in [0, 0.05) is 11.9 Å². The average molecular weight is 358 g/mol. The lowest BCUT2D eigenvalue weighted by Gasteiger charge is -2.13. The van der Waals surface area contributed by atoms with Crippen molar-refractivity contribution in [2.75, 3.05) is 5.32 Å². The molecule has 2 aromatic carbocycles. The first-order valence-electron chi connectivity index (χ1n) is 8.54. The maximum atomic E-state index is 10.2. The molecule has 0 radical (unpaired) electrons. The molecule has 0 aliphatic heterocycles. The van der Waals surface area contributed by atoms with Gasteiger partial charge in [-0.15, -0.1) is 0 Å². The predicted octanol–water partition coefficient (Wildman–Crippen LogP) is 4.36. The lowest BCUT2D eigenvalue weighted by molar-refractivity contribution is 0.299. The zero-order chi connectivity index (χ0) is 18.6. The Morgan fingerprint density at radius 1 is 1.00 bits per heavy atom. The molecule has 6 heteroatoms. The van der Waals surface area contributed by atoms with Gasteiger partial charge in [0.2, 0.25) is 0 Å². The zero-order valence-electron chi connectivity index (χ0n) is 14.8. The van der Waals surface area contributed by atoms with E-state index in [2.05, 4.69) is 20.3 Å². The summed E-state index contributed by atoms with van der Waals surface area (Å²) in [4.78, 5) is 12.7. The maximum Gasteiger partial charge on any atom is 0.145 e. The van der Waals surface area contributed by atoms with Gasteiger partial charge in [-0.1, -0.05) is 12.1 Å². The summed E-state index contributed by atoms with van der Waals surface area (Å²) in [5.41, 5.74) is 3.39. The molecular formula is C21H18N4O2. The third-order valence-electron chi connectivity index (χ3n) is 4.18. The van der Waals surface area contributed by atoms with E-state index in [0.717, 1.165) is 22.7 Å². The minimum atomic E-state index is 0.141. The van der Waals surface area contributed by atoms with E-state index in [9.17, 15) is 5.11 Å². The van der Waals surface area contributed by atoms with Crippen LogP contribution in [0.25, 0.3) is 10.9 Å². The van der Waals surface area contributed by atoms with Gasteiger partial charge in [0.15, 0.2) is 0 Å². The van der Waals surface area contributed by atoms with Gasteiger partial charge in [-0.3, -0.25) is 4.98 Å². The van der Waals surface area contributed by atoms with E-state index in [4.69, 9.17) is 4.74 Å². The SMILES string of the molecule is Cc1cc(Nc2ncnc3cccc(O)c23)ccc1OCc1ccccn1. The first-order valence-corrected chi connectivity index (χ1v) is 8.54. The van der Waals surface area contributed by atoms with Gasteiger partial charge in [0.05, 0.1) is 16.6 Å². The number of rotatable bonds is 5. The van der Waals surface area contributed by atoms with Crippen LogP contribution < -0.4 is 10.1 Å². The second-order valence-electron chi connectivity index (χ2n) is 6.11. The molecule has 0 amide bonds. The quantitative estimate of drug-likeness (QED) is 0.552. The number of fused-ring (bicyclic) bond motifs is 1. The van der Waals surface area contributed by atoms with Gasteiger partial charge in [-0.25, -0.2) is 9.97 Å². The Morgan fingerprint density at radius 2 is 1.93 bits per heavy atom. The number of phenols is 1. The molecule has 2 N–H and O–H groups in total. The number of ether oxygens (including phenoxy) is 1. The summed E-state index contributed by atoms with van der Waals surface area (Å²) in [7, 11) is 0. The van der Waals surface area contributed by atoms with E-state index in [1.165, 1.54) is 6.33 Å². The highest BCUT2D eigenvalue weighted by atomic mass is 16.5. The molecule has 2 aromatic heterocycles. The molecule has 0 unspecified atom stereocenters. The lowest BCUT2D eigenvalue weighted by atomic mass is 10.2. The molecule has 27 heavy (non-hydrogen) atoms. The Labute approximate surface area is 156 Å². The summed E-state index contributed by atoms with van der Waals surface area (Å²) in [6.45, 7) is 2.40. The second-order valence-corrected chi connectivity index (χ2v) is 6.11. The minimum Gasteiger partial charge on any atom is -0.507 e. The Kier molecular flexibility index (Phi) is 4.53. The van der Waals surface area contributed by atoms with E-state index < -0.39 is 0 Å². The van der Waals surface area contributed by atoms with Gasteiger partial charge < -0.3 is 15.2 Å². The van der Waals surface area contributed by atoms with Crippen LogP contribution in [0.5, 0.6) is 11.5 Å². The number of nitrogens with one attached hydrogen (secondary N) is 1. The minimum absolute atomic E-state index is 0.141. The Balaban J connectivity index is 1.55. The predicted molar refractivity (Wildman–Crippen MR) is 104 cm³/mol. The number of aromatic nitrogens is 3.